The highest BCUT2D eigenvalue weighted by atomic mass is 35.5. The Morgan fingerprint density at radius 1 is 1.39 bits per heavy atom. The molecule has 0 unspecified atom stereocenters. The molecule has 0 aromatic heterocycles. The van der Waals surface area contributed by atoms with Gasteiger partial charge in [-0.15, -0.1) is 0 Å². The molecule has 1 amide bonds. The van der Waals surface area contributed by atoms with Gasteiger partial charge in [-0.3, -0.25) is 4.79 Å². The van der Waals surface area contributed by atoms with Gasteiger partial charge in [-0.1, -0.05) is 29.8 Å². The van der Waals surface area contributed by atoms with Gasteiger partial charge in [0.15, 0.2) is 0 Å². The number of aliphatic hydroxyl groups is 1. The Morgan fingerprint density at radius 3 is 2.83 bits per heavy atom. The fourth-order valence-corrected chi connectivity index (χ4v) is 3.90. The number of thioether (sulfide) groups is 1. The third-order valence-corrected chi connectivity index (χ3v) is 5.14. The molecular formula is C17H22ClNO3S. The Kier molecular flexibility index (Phi) is 7.43. The first-order chi connectivity index (χ1) is 11.2. The van der Waals surface area contributed by atoms with Crippen molar-refractivity contribution >= 4 is 35.3 Å². The molecule has 126 valence electrons. The predicted octanol–water partition coefficient (Wildman–Crippen LogP) is 2.74. The fraction of sp³-hybridized carbons (Fsp3) is 0.471. The molecule has 0 bridgehead atoms. The normalized spacial score (nSPS) is 17.3. The van der Waals surface area contributed by atoms with Crippen LogP contribution in [0.2, 0.25) is 5.02 Å². The van der Waals surface area contributed by atoms with Gasteiger partial charge in [0.2, 0.25) is 5.91 Å². The second-order valence-electron chi connectivity index (χ2n) is 5.44. The van der Waals surface area contributed by atoms with Crippen LogP contribution in [0.5, 0.6) is 0 Å². The molecular weight excluding hydrogens is 334 g/mol. The first kappa shape index (κ1) is 18.3. The lowest BCUT2D eigenvalue weighted by molar-refractivity contribution is -0.119. The number of rotatable bonds is 7. The summed E-state index contributed by atoms with van der Waals surface area (Å²) in [7, 11) is 0. The Morgan fingerprint density at radius 2 is 2.13 bits per heavy atom. The number of nitrogens with one attached hydrogen (secondary N) is 1. The number of amides is 1. The number of hydrogen-bond donors (Lipinski definition) is 2. The predicted molar refractivity (Wildman–Crippen MR) is 95.8 cm³/mol. The van der Waals surface area contributed by atoms with Crippen LogP contribution < -0.4 is 5.32 Å². The number of ether oxygens (including phenoxy) is 1. The van der Waals surface area contributed by atoms with Crippen molar-refractivity contribution in [3.8, 4) is 0 Å². The van der Waals surface area contributed by atoms with Gasteiger partial charge >= 0.3 is 0 Å². The van der Waals surface area contributed by atoms with Crippen LogP contribution >= 0.6 is 23.4 Å². The van der Waals surface area contributed by atoms with E-state index in [4.69, 9.17) is 21.4 Å². The van der Waals surface area contributed by atoms with E-state index in [1.807, 2.05) is 30.0 Å². The lowest BCUT2D eigenvalue weighted by Crippen LogP contribution is -2.47. The van der Waals surface area contributed by atoms with Crippen molar-refractivity contribution < 1.29 is 14.6 Å². The van der Waals surface area contributed by atoms with Crippen molar-refractivity contribution in [2.75, 3.05) is 31.3 Å². The molecule has 1 aliphatic heterocycles. The van der Waals surface area contributed by atoms with Crippen molar-refractivity contribution in [2.45, 2.75) is 18.4 Å². The number of halogens is 1. The molecule has 0 atom stereocenters. The number of hydrogen-bond acceptors (Lipinski definition) is 4. The average molecular weight is 356 g/mol. The first-order valence-corrected chi connectivity index (χ1v) is 9.21. The quantitative estimate of drug-likeness (QED) is 0.738. The third kappa shape index (κ3) is 5.84. The monoisotopic (exact) mass is 355 g/mol. The molecule has 0 spiro atoms. The Labute approximate surface area is 146 Å². The Bertz CT molecular complexity index is 544. The molecule has 0 radical (unpaired) electrons. The molecule has 2 N–H and O–H groups in total. The zero-order chi connectivity index (χ0) is 16.5. The van der Waals surface area contributed by atoms with Gasteiger partial charge in [0.05, 0.1) is 18.8 Å². The van der Waals surface area contributed by atoms with Crippen molar-refractivity contribution in [1.29, 1.82) is 0 Å². The molecule has 1 fully saturated rings. The Balaban J connectivity index is 1.89. The van der Waals surface area contributed by atoms with Crippen LogP contribution in [0.1, 0.15) is 18.4 Å². The van der Waals surface area contributed by atoms with E-state index in [1.165, 1.54) is 6.08 Å². The molecule has 1 aliphatic rings. The maximum Gasteiger partial charge on any atom is 0.244 e. The summed E-state index contributed by atoms with van der Waals surface area (Å²) >= 11 is 7.95. The summed E-state index contributed by atoms with van der Waals surface area (Å²) in [6.07, 6.45) is 4.95. The minimum absolute atomic E-state index is 0.00471. The number of carbonyl (C=O) groups excluding carboxylic acids is 1. The highest BCUT2D eigenvalue weighted by Gasteiger charge is 2.33. The van der Waals surface area contributed by atoms with Crippen LogP contribution in [0.3, 0.4) is 0 Å². The molecule has 0 aliphatic carbocycles. The molecule has 1 aromatic carbocycles. The van der Waals surface area contributed by atoms with Gasteiger partial charge in [-0.25, -0.2) is 0 Å². The van der Waals surface area contributed by atoms with E-state index in [2.05, 4.69) is 5.32 Å². The second kappa shape index (κ2) is 9.33. The van der Waals surface area contributed by atoms with E-state index in [9.17, 15) is 4.79 Å². The van der Waals surface area contributed by atoms with Gasteiger partial charge in [0, 0.05) is 17.6 Å². The van der Waals surface area contributed by atoms with Crippen LogP contribution in [-0.4, -0.2) is 47.9 Å². The summed E-state index contributed by atoms with van der Waals surface area (Å²) in [5.74, 6) is 1.85. The van der Waals surface area contributed by atoms with Crippen LogP contribution in [0, 0.1) is 0 Å². The highest BCUT2D eigenvalue weighted by molar-refractivity contribution is 7.99. The largest absolute Gasteiger partial charge is 0.394 e. The molecule has 1 saturated heterocycles. The van der Waals surface area contributed by atoms with Crippen LogP contribution in [0.25, 0.3) is 6.08 Å². The van der Waals surface area contributed by atoms with E-state index in [-0.39, 0.29) is 18.1 Å². The zero-order valence-corrected chi connectivity index (χ0v) is 14.5. The fourth-order valence-electron chi connectivity index (χ4n) is 2.46. The van der Waals surface area contributed by atoms with Gasteiger partial charge in [0.1, 0.15) is 0 Å². The van der Waals surface area contributed by atoms with Gasteiger partial charge in [0.25, 0.3) is 0 Å². The standard InChI is InChI=1S/C17H22ClNO3S/c18-15-4-2-1-3-14(15)5-6-16(21)19-13-17(22-10-9-20)7-11-23-12-8-17/h1-6,20H,7-13H2,(H,19,21)/b6-5+. The lowest BCUT2D eigenvalue weighted by atomic mass is 9.96. The molecule has 4 nitrogen and oxygen atoms in total. The second-order valence-corrected chi connectivity index (χ2v) is 7.07. The van der Waals surface area contributed by atoms with Crippen LogP contribution in [0.4, 0.5) is 0 Å². The van der Waals surface area contributed by atoms with Gasteiger partial charge in [-0.2, -0.15) is 11.8 Å². The van der Waals surface area contributed by atoms with Gasteiger partial charge in [-0.05, 0) is 42.1 Å². The molecule has 2 rings (SSSR count). The summed E-state index contributed by atoms with van der Waals surface area (Å²) in [5.41, 5.74) is 0.451. The topological polar surface area (TPSA) is 58.6 Å². The summed E-state index contributed by atoms with van der Waals surface area (Å²) < 4.78 is 5.83. The third-order valence-electron chi connectivity index (χ3n) is 3.81. The van der Waals surface area contributed by atoms with Crippen molar-refractivity contribution in [1.82, 2.24) is 5.32 Å². The molecule has 1 aromatic rings. The van der Waals surface area contributed by atoms with Gasteiger partial charge < -0.3 is 15.2 Å². The number of carbonyl (C=O) groups is 1. The smallest absolute Gasteiger partial charge is 0.244 e. The van der Waals surface area contributed by atoms with Crippen molar-refractivity contribution in [3.05, 3.63) is 40.9 Å². The van der Waals surface area contributed by atoms with Crippen molar-refractivity contribution in [2.24, 2.45) is 0 Å². The van der Waals surface area contributed by atoms with E-state index < -0.39 is 0 Å². The minimum atomic E-state index is -0.359. The van der Waals surface area contributed by atoms with Crippen LogP contribution in [0.15, 0.2) is 30.3 Å². The average Bonchev–Trinajstić information content (AvgIpc) is 2.58. The highest BCUT2D eigenvalue weighted by Crippen LogP contribution is 2.30. The molecule has 1 heterocycles. The number of aliphatic hydroxyl groups excluding tert-OH is 1. The lowest BCUT2D eigenvalue weighted by Gasteiger charge is -2.36. The van der Waals surface area contributed by atoms with E-state index in [0.717, 1.165) is 29.9 Å². The SMILES string of the molecule is O=C(/C=C/c1ccccc1Cl)NCC1(OCCO)CCSCC1. The number of benzene rings is 1. The first-order valence-electron chi connectivity index (χ1n) is 7.68. The minimum Gasteiger partial charge on any atom is -0.394 e. The van der Waals surface area contributed by atoms with E-state index in [1.54, 1.807) is 12.1 Å². The molecule has 0 saturated carbocycles. The summed E-state index contributed by atoms with van der Waals surface area (Å²) in [4.78, 5) is 12.0. The van der Waals surface area contributed by atoms with E-state index >= 15 is 0 Å². The zero-order valence-electron chi connectivity index (χ0n) is 13.0. The van der Waals surface area contributed by atoms with Crippen molar-refractivity contribution in [3.63, 3.8) is 0 Å². The maximum absolute atomic E-state index is 12.0. The van der Waals surface area contributed by atoms with E-state index in [0.29, 0.717) is 18.2 Å². The summed E-state index contributed by atoms with van der Waals surface area (Å²) in [6, 6.07) is 7.37. The van der Waals surface area contributed by atoms with Crippen LogP contribution in [-0.2, 0) is 9.53 Å². The summed E-state index contributed by atoms with van der Waals surface area (Å²) in [6.45, 7) is 0.754. The molecule has 23 heavy (non-hydrogen) atoms. The summed E-state index contributed by atoms with van der Waals surface area (Å²) in [5, 5.41) is 12.5. The molecule has 6 heteroatoms. The Hall–Kier alpha value is -1.01. The maximum atomic E-state index is 12.0.